The van der Waals surface area contributed by atoms with Gasteiger partial charge in [-0.25, -0.2) is 0 Å². The minimum absolute atomic E-state index is 0.682. The van der Waals surface area contributed by atoms with Gasteiger partial charge in [0.05, 0.1) is 17.4 Å². The Labute approximate surface area is 96.5 Å². The van der Waals surface area contributed by atoms with E-state index in [1.807, 2.05) is 0 Å². The smallest absolute Gasteiger partial charge is 0.101 e. The number of rotatable bonds is 3. The summed E-state index contributed by atoms with van der Waals surface area (Å²) in [4.78, 5) is 4.04. The predicted octanol–water partition coefficient (Wildman–Crippen LogP) is 2.80. The Bertz CT molecular complexity index is 394. The highest BCUT2D eigenvalue weighted by molar-refractivity contribution is 5.55. The van der Waals surface area contributed by atoms with Crippen molar-refractivity contribution in [1.82, 2.24) is 4.98 Å². The van der Waals surface area contributed by atoms with Crippen molar-refractivity contribution in [2.75, 3.05) is 11.9 Å². The predicted molar refractivity (Wildman–Crippen MR) is 63.9 cm³/mol. The number of nitrogens with zero attached hydrogens (tertiary/aromatic N) is 2. The van der Waals surface area contributed by atoms with Crippen LogP contribution in [0.25, 0.3) is 0 Å². The van der Waals surface area contributed by atoms with Gasteiger partial charge < -0.3 is 5.32 Å². The van der Waals surface area contributed by atoms with Gasteiger partial charge in [-0.3, -0.25) is 4.98 Å². The molecule has 0 radical (unpaired) electrons. The first-order chi connectivity index (χ1) is 7.79. The van der Waals surface area contributed by atoms with E-state index in [1.165, 1.54) is 19.3 Å². The first kappa shape index (κ1) is 10.9. The van der Waals surface area contributed by atoms with Crippen LogP contribution in [0.5, 0.6) is 0 Å². The maximum atomic E-state index is 8.93. The van der Waals surface area contributed by atoms with Crippen LogP contribution in [0, 0.1) is 23.2 Å². The van der Waals surface area contributed by atoms with Crippen molar-refractivity contribution in [2.45, 2.75) is 26.2 Å². The third-order valence-corrected chi connectivity index (χ3v) is 3.33. The first-order valence-corrected chi connectivity index (χ1v) is 5.87. The SMILES string of the molecule is CC1CCC(CNc2cnccc2C#N)C1. The molecule has 1 aromatic heterocycles. The molecule has 2 rings (SSSR count). The summed E-state index contributed by atoms with van der Waals surface area (Å²) in [6, 6.07) is 3.93. The number of hydrogen-bond acceptors (Lipinski definition) is 3. The minimum atomic E-state index is 0.682. The molecule has 1 N–H and O–H groups in total. The maximum absolute atomic E-state index is 8.93. The molecule has 2 atom stereocenters. The summed E-state index contributed by atoms with van der Waals surface area (Å²) in [6.07, 6.45) is 7.33. The van der Waals surface area contributed by atoms with Gasteiger partial charge in [0.25, 0.3) is 0 Å². The van der Waals surface area contributed by atoms with Crippen LogP contribution in [0.4, 0.5) is 5.69 Å². The molecule has 0 bridgehead atoms. The van der Waals surface area contributed by atoms with Crippen molar-refractivity contribution < 1.29 is 0 Å². The Hall–Kier alpha value is -1.56. The molecule has 1 fully saturated rings. The fourth-order valence-electron chi connectivity index (χ4n) is 2.40. The molecular formula is C13H17N3. The largest absolute Gasteiger partial charge is 0.382 e. The van der Waals surface area contributed by atoms with E-state index in [0.29, 0.717) is 5.56 Å². The third kappa shape index (κ3) is 2.52. The first-order valence-electron chi connectivity index (χ1n) is 5.87. The van der Waals surface area contributed by atoms with Crippen LogP contribution in [0.2, 0.25) is 0 Å². The molecule has 2 unspecified atom stereocenters. The van der Waals surface area contributed by atoms with Crippen molar-refractivity contribution in [3.05, 3.63) is 24.0 Å². The van der Waals surface area contributed by atoms with Crippen LogP contribution in [-0.2, 0) is 0 Å². The molecule has 16 heavy (non-hydrogen) atoms. The summed E-state index contributed by atoms with van der Waals surface area (Å²) in [7, 11) is 0. The highest BCUT2D eigenvalue weighted by atomic mass is 14.9. The molecule has 1 heterocycles. The highest BCUT2D eigenvalue weighted by Crippen LogP contribution is 2.30. The van der Waals surface area contributed by atoms with E-state index in [9.17, 15) is 0 Å². The zero-order valence-corrected chi connectivity index (χ0v) is 9.61. The van der Waals surface area contributed by atoms with Gasteiger partial charge >= 0.3 is 0 Å². The molecule has 3 nitrogen and oxygen atoms in total. The van der Waals surface area contributed by atoms with Gasteiger partial charge in [-0.05, 0) is 30.7 Å². The van der Waals surface area contributed by atoms with Gasteiger partial charge in [-0.15, -0.1) is 0 Å². The lowest BCUT2D eigenvalue weighted by atomic mass is 10.1. The van der Waals surface area contributed by atoms with Gasteiger partial charge in [-0.2, -0.15) is 5.26 Å². The van der Waals surface area contributed by atoms with Crippen molar-refractivity contribution in [3.8, 4) is 6.07 Å². The Morgan fingerprint density at radius 1 is 1.56 bits per heavy atom. The number of anilines is 1. The maximum Gasteiger partial charge on any atom is 0.101 e. The zero-order valence-electron chi connectivity index (χ0n) is 9.61. The number of nitriles is 1. The van der Waals surface area contributed by atoms with Crippen molar-refractivity contribution in [3.63, 3.8) is 0 Å². The van der Waals surface area contributed by atoms with Gasteiger partial charge in [0.2, 0.25) is 0 Å². The zero-order chi connectivity index (χ0) is 11.4. The van der Waals surface area contributed by atoms with Crippen LogP contribution in [-0.4, -0.2) is 11.5 Å². The molecule has 0 amide bonds. The fraction of sp³-hybridized carbons (Fsp3) is 0.538. The average Bonchev–Trinajstić information content (AvgIpc) is 2.73. The second kappa shape index (κ2) is 4.98. The minimum Gasteiger partial charge on any atom is -0.382 e. The van der Waals surface area contributed by atoms with Crippen molar-refractivity contribution in [2.24, 2.45) is 11.8 Å². The molecule has 0 aliphatic heterocycles. The molecule has 0 saturated heterocycles. The van der Waals surface area contributed by atoms with E-state index in [4.69, 9.17) is 5.26 Å². The molecule has 1 aliphatic rings. The van der Waals surface area contributed by atoms with E-state index >= 15 is 0 Å². The average molecular weight is 215 g/mol. The van der Waals surface area contributed by atoms with Gasteiger partial charge in [0, 0.05) is 12.7 Å². The second-order valence-corrected chi connectivity index (χ2v) is 4.70. The van der Waals surface area contributed by atoms with E-state index in [-0.39, 0.29) is 0 Å². The van der Waals surface area contributed by atoms with Crippen LogP contribution in [0.15, 0.2) is 18.5 Å². The monoisotopic (exact) mass is 215 g/mol. The third-order valence-electron chi connectivity index (χ3n) is 3.33. The second-order valence-electron chi connectivity index (χ2n) is 4.70. The summed E-state index contributed by atoms with van der Waals surface area (Å²) in [5, 5.41) is 12.3. The van der Waals surface area contributed by atoms with E-state index in [2.05, 4.69) is 23.3 Å². The molecule has 1 saturated carbocycles. The summed E-state index contributed by atoms with van der Waals surface area (Å²) in [5.41, 5.74) is 1.55. The van der Waals surface area contributed by atoms with Crippen LogP contribution >= 0.6 is 0 Å². The molecular weight excluding hydrogens is 198 g/mol. The Kier molecular flexibility index (Phi) is 3.40. The lowest BCUT2D eigenvalue weighted by molar-refractivity contribution is 0.537. The molecule has 0 spiro atoms. The van der Waals surface area contributed by atoms with Crippen molar-refractivity contribution in [1.29, 1.82) is 5.26 Å². The summed E-state index contributed by atoms with van der Waals surface area (Å²) in [5.74, 6) is 1.61. The van der Waals surface area contributed by atoms with Crippen molar-refractivity contribution >= 4 is 5.69 Å². The Morgan fingerprint density at radius 2 is 2.44 bits per heavy atom. The molecule has 1 aliphatic carbocycles. The van der Waals surface area contributed by atoms with Crippen LogP contribution in [0.3, 0.4) is 0 Å². The van der Waals surface area contributed by atoms with E-state index in [0.717, 1.165) is 24.1 Å². The van der Waals surface area contributed by atoms with Gasteiger partial charge in [0.15, 0.2) is 0 Å². The normalized spacial score (nSPS) is 24.0. The van der Waals surface area contributed by atoms with Gasteiger partial charge in [0.1, 0.15) is 6.07 Å². The fourth-order valence-corrected chi connectivity index (χ4v) is 2.40. The standard InChI is InChI=1S/C13H17N3/c1-10-2-3-11(6-10)8-16-13-9-15-5-4-12(13)7-14/h4-5,9-11,16H,2-3,6,8H2,1H3. The van der Waals surface area contributed by atoms with Gasteiger partial charge in [-0.1, -0.05) is 13.3 Å². The summed E-state index contributed by atoms with van der Waals surface area (Å²) in [6.45, 7) is 3.27. The lowest BCUT2D eigenvalue weighted by Gasteiger charge is -2.12. The number of hydrogen-bond donors (Lipinski definition) is 1. The summed E-state index contributed by atoms with van der Waals surface area (Å²) < 4.78 is 0. The van der Waals surface area contributed by atoms with Crippen LogP contribution < -0.4 is 5.32 Å². The van der Waals surface area contributed by atoms with E-state index in [1.54, 1.807) is 18.5 Å². The quantitative estimate of drug-likeness (QED) is 0.843. The number of pyridine rings is 1. The van der Waals surface area contributed by atoms with Crippen LogP contribution in [0.1, 0.15) is 31.7 Å². The highest BCUT2D eigenvalue weighted by Gasteiger charge is 2.20. The van der Waals surface area contributed by atoms with E-state index < -0.39 is 0 Å². The topological polar surface area (TPSA) is 48.7 Å². The molecule has 3 heteroatoms. The Balaban J connectivity index is 1.92. The lowest BCUT2D eigenvalue weighted by Crippen LogP contribution is -2.12. The number of aromatic nitrogens is 1. The molecule has 1 aromatic rings. The molecule has 0 aromatic carbocycles. The molecule has 84 valence electrons. The summed E-state index contributed by atoms with van der Waals surface area (Å²) >= 11 is 0. The Morgan fingerprint density at radius 3 is 3.12 bits per heavy atom. The number of nitrogens with one attached hydrogen (secondary N) is 1.